The molecule has 69 heavy (non-hydrogen) atoms. The van der Waals surface area contributed by atoms with Crippen molar-refractivity contribution in [1.29, 1.82) is 0 Å². The average Bonchev–Trinajstić information content (AvgIpc) is 3.29. The molecule has 0 saturated carbocycles. The van der Waals surface area contributed by atoms with Crippen molar-refractivity contribution >= 4 is 58.1 Å². The Labute approximate surface area is 406 Å². The molecule has 0 fully saturated rings. The van der Waals surface area contributed by atoms with Crippen molar-refractivity contribution in [2.75, 3.05) is 0 Å². The third-order valence-corrected chi connectivity index (χ3v) is 11.8. The molecule has 17 heteroatoms. The summed E-state index contributed by atoms with van der Waals surface area (Å²) >= 11 is 0. The fraction of sp³-hybridized carbons (Fsp3) is 0.538. The number of aliphatic hydroxyl groups excluding tert-OH is 1. The summed E-state index contributed by atoms with van der Waals surface area (Å²) in [5.41, 5.74) is 12.5. The van der Waals surface area contributed by atoms with E-state index in [-0.39, 0.29) is 43.9 Å². The zero-order valence-corrected chi connectivity index (χ0v) is 40.5. The molecule has 378 valence electrons. The second-order valence-electron chi connectivity index (χ2n) is 18.4. The lowest BCUT2D eigenvalue weighted by atomic mass is 10.0. The van der Waals surface area contributed by atoms with Crippen LogP contribution in [-0.4, -0.2) is 93.8 Å². The summed E-state index contributed by atoms with van der Waals surface area (Å²) in [6.07, 6.45) is 10.1. The van der Waals surface area contributed by atoms with Crippen LogP contribution >= 0.6 is 0 Å². The minimum absolute atomic E-state index is 0.00602. The van der Waals surface area contributed by atoms with Crippen molar-refractivity contribution in [2.24, 2.45) is 17.4 Å². The summed E-state index contributed by atoms with van der Waals surface area (Å²) < 4.78 is 0. The summed E-state index contributed by atoms with van der Waals surface area (Å²) in [4.78, 5) is 101. The first-order valence-electron chi connectivity index (χ1n) is 24.4. The lowest BCUT2D eigenvalue weighted by Crippen LogP contribution is -2.59. The Bertz CT molecular complexity index is 2130. The van der Waals surface area contributed by atoms with Gasteiger partial charge in [0, 0.05) is 25.7 Å². The van der Waals surface area contributed by atoms with Crippen molar-refractivity contribution in [3.8, 4) is 0 Å². The minimum Gasteiger partial charge on any atom is -0.480 e. The van der Waals surface area contributed by atoms with Gasteiger partial charge in [-0.1, -0.05) is 151 Å². The van der Waals surface area contributed by atoms with Gasteiger partial charge in [-0.3, -0.25) is 33.6 Å². The molecular weight excluding hydrogens is 883 g/mol. The van der Waals surface area contributed by atoms with Crippen LogP contribution in [0.15, 0.2) is 72.8 Å². The summed E-state index contributed by atoms with van der Waals surface area (Å²) in [6.45, 7) is 5.15. The molecule has 11 N–H and O–H groups in total. The number of nitrogens with one attached hydrogen (secondary N) is 5. The highest BCUT2D eigenvalue weighted by Gasteiger charge is 2.32. The third-order valence-electron chi connectivity index (χ3n) is 11.8. The number of carbonyl (C=O) groups is 8. The number of hydrogen-bond donors (Lipinski definition) is 9. The summed E-state index contributed by atoms with van der Waals surface area (Å²) in [7, 11) is 0. The number of aliphatic carboxylic acids is 1. The lowest BCUT2D eigenvalue weighted by molar-refractivity contribution is -0.142. The van der Waals surface area contributed by atoms with Crippen molar-refractivity contribution in [3.05, 3.63) is 83.9 Å². The van der Waals surface area contributed by atoms with Gasteiger partial charge >= 0.3 is 5.97 Å². The highest BCUT2D eigenvalue weighted by atomic mass is 16.4. The molecule has 3 aromatic carbocycles. The largest absolute Gasteiger partial charge is 0.480 e. The van der Waals surface area contributed by atoms with E-state index in [1.54, 1.807) is 6.07 Å². The molecule has 0 unspecified atom stereocenters. The maximum atomic E-state index is 13.3. The van der Waals surface area contributed by atoms with Gasteiger partial charge < -0.3 is 48.3 Å². The van der Waals surface area contributed by atoms with Gasteiger partial charge in [0.1, 0.15) is 30.2 Å². The van der Waals surface area contributed by atoms with Gasteiger partial charge in [0.2, 0.25) is 41.4 Å². The molecule has 0 bridgehead atoms. The van der Waals surface area contributed by atoms with Crippen LogP contribution in [0.1, 0.15) is 135 Å². The van der Waals surface area contributed by atoms with Crippen molar-refractivity contribution in [1.82, 2.24) is 26.6 Å². The van der Waals surface area contributed by atoms with Crippen LogP contribution in [-0.2, 0) is 51.2 Å². The monoisotopic (exact) mass is 958 g/mol. The van der Waals surface area contributed by atoms with Crippen LogP contribution in [0.2, 0.25) is 0 Å². The molecule has 0 aliphatic carbocycles. The van der Waals surface area contributed by atoms with Crippen LogP contribution < -0.4 is 38.1 Å². The Morgan fingerprint density at radius 3 is 1.51 bits per heavy atom. The Morgan fingerprint density at radius 1 is 0.507 bits per heavy atom. The van der Waals surface area contributed by atoms with Crippen molar-refractivity contribution in [2.45, 2.75) is 173 Å². The average molecular weight is 958 g/mol. The van der Waals surface area contributed by atoms with E-state index in [2.05, 4.69) is 26.6 Å². The first-order chi connectivity index (χ1) is 32.9. The fourth-order valence-electron chi connectivity index (χ4n) is 8.05. The number of unbranched alkanes of at least 4 members (excludes halogenated alkanes) is 11. The van der Waals surface area contributed by atoms with Gasteiger partial charge in [-0.05, 0) is 54.0 Å². The first-order valence-corrected chi connectivity index (χ1v) is 24.4. The predicted octanol–water partition coefficient (Wildman–Crippen LogP) is 4.38. The topological polar surface area (TPSA) is 289 Å². The van der Waals surface area contributed by atoms with Crippen molar-refractivity contribution in [3.63, 3.8) is 0 Å². The van der Waals surface area contributed by atoms with E-state index in [9.17, 15) is 48.6 Å². The van der Waals surface area contributed by atoms with Crippen LogP contribution in [0, 0.1) is 5.92 Å². The summed E-state index contributed by atoms with van der Waals surface area (Å²) in [5.74, 6) is -5.67. The maximum Gasteiger partial charge on any atom is 0.326 e. The molecular formula is C52H75N7O10. The van der Waals surface area contributed by atoms with E-state index in [1.807, 2.05) is 80.6 Å². The van der Waals surface area contributed by atoms with Gasteiger partial charge in [-0.25, -0.2) is 4.79 Å². The molecule has 0 aliphatic heterocycles. The molecule has 7 amide bonds. The van der Waals surface area contributed by atoms with Gasteiger partial charge in [-0.2, -0.15) is 0 Å². The van der Waals surface area contributed by atoms with Crippen LogP contribution in [0.3, 0.4) is 0 Å². The molecule has 3 aromatic rings. The predicted molar refractivity (Wildman–Crippen MR) is 264 cm³/mol. The second kappa shape index (κ2) is 30.9. The molecule has 17 nitrogen and oxygen atoms in total. The maximum absolute atomic E-state index is 13.3. The van der Waals surface area contributed by atoms with Crippen LogP contribution in [0.5, 0.6) is 0 Å². The number of fused-ring (bicyclic) bond motifs is 1. The SMILES string of the molecule is CC(C)C[C@H](NC(=O)[C@@H](NC(=O)CCCCCCCCCCCCCCC(=O)N[C@@H](CC(N)=O)C(=O)N[C@@H](Cc1ccc2ccccc2c1)C(=O)O)[C@@H](C)O)C(=O)N[C@@H](Cc1ccccc1)C(N)=O. The number of benzene rings is 3. The number of hydrogen-bond acceptors (Lipinski definition) is 9. The second-order valence-corrected chi connectivity index (χ2v) is 18.4. The van der Waals surface area contributed by atoms with E-state index >= 15 is 0 Å². The Morgan fingerprint density at radius 2 is 0.986 bits per heavy atom. The Balaban J connectivity index is 1.27. The molecule has 0 aromatic heterocycles. The standard InChI is InChI=1S/C52H75N7O10/c1-34(2)29-41(49(65)56-40(48(54)64)31-36-21-15-14-16-22-36)57-51(67)47(35(3)60)59-46(63)26-18-13-11-9-7-5-4-6-8-10-12-17-25-45(62)55-42(33-44(53)61)50(66)58-43(52(68)69)32-37-27-28-38-23-19-20-24-39(38)30-37/h14-16,19-24,27-28,30,34-35,40-43,47,60H,4-13,17-18,25-26,29,31-33H2,1-3H3,(H2,53,61)(H2,54,64)(H,55,62)(H,56,65)(H,57,67)(H,58,66)(H,59,63)(H,68,69)/t35-,40+,41+,42+,43+,47+/m1/s1. The number of primary amides is 2. The lowest BCUT2D eigenvalue weighted by Gasteiger charge is -2.26. The Kier molecular flexibility index (Phi) is 25.5. The molecule has 0 saturated heterocycles. The normalized spacial score (nSPS) is 13.8. The van der Waals surface area contributed by atoms with E-state index in [0.717, 1.165) is 80.5 Å². The number of carboxylic acids is 1. The fourth-order valence-corrected chi connectivity index (χ4v) is 8.05. The number of carboxylic acid groups (broad SMARTS) is 1. The Hall–Kier alpha value is -6.36. The van der Waals surface area contributed by atoms with Crippen LogP contribution in [0.25, 0.3) is 10.8 Å². The van der Waals surface area contributed by atoms with E-state index in [0.29, 0.717) is 18.4 Å². The van der Waals surface area contributed by atoms with Gasteiger partial charge in [0.05, 0.1) is 12.5 Å². The van der Waals surface area contributed by atoms with Gasteiger partial charge in [-0.15, -0.1) is 0 Å². The van der Waals surface area contributed by atoms with Crippen LogP contribution in [0.4, 0.5) is 0 Å². The minimum atomic E-state index is -1.29. The summed E-state index contributed by atoms with van der Waals surface area (Å²) in [6, 6.07) is 16.4. The highest BCUT2D eigenvalue weighted by Crippen LogP contribution is 2.18. The molecule has 3 rings (SSSR count). The third kappa shape index (κ3) is 22.5. The molecule has 0 spiro atoms. The number of nitrogens with two attached hydrogens (primary N) is 2. The zero-order valence-electron chi connectivity index (χ0n) is 40.5. The number of rotatable bonds is 34. The molecule has 0 radical (unpaired) electrons. The van der Waals surface area contributed by atoms with E-state index in [1.165, 1.54) is 6.92 Å². The van der Waals surface area contributed by atoms with Crippen molar-refractivity contribution < 1.29 is 48.6 Å². The highest BCUT2D eigenvalue weighted by molar-refractivity contribution is 5.95. The number of aliphatic hydroxyl groups is 1. The zero-order chi connectivity index (χ0) is 50.7. The molecule has 0 aliphatic rings. The van der Waals surface area contributed by atoms with E-state index in [4.69, 9.17) is 11.5 Å². The smallest absolute Gasteiger partial charge is 0.326 e. The number of carbonyl (C=O) groups excluding carboxylic acids is 7. The van der Waals surface area contributed by atoms with Gasteiger partial charge in [0.25, 0.3) is 0 Å². The quantitative estimate of drug-likeness (QED) is 0.0381. The number of amides is 7. The summed E-state index contributed by atoms with van der Waals surface area (Å²) in [5, 5.41) is 35.1. The first kappa shape index (κ1) is 57.0. The van der Waals surface area contributed by atoms with Gasteiger partial charge in [0.15, 0.2) is 0 Å². The molecule has 6 atom stereocenters. The van der Waals surface area contributed by atoms with E-state index < -0.39 is 84.1 Å². The molecule has 0 heterocycles.